The van der Waals surface area contributed by atoms with Crippen molar-refractivity contribution in [2.75, 3.05) is 10.6 Å². The van der Waals surface area contributed by atoms with Crippen molar-refractivity contribution in [1.29, 1.82) is 0 Å². The topological polar surface area (TPSA) is 63.2 Å². The van der Waals surface area contributed by atoms with E-state index in [4.69, 9.17) is 11.6 Å². The maximum atomic E-state index is 12.1. The van der Waals surface area contributed by atoms with Crippen LogP contribution in [-0.4, -0.2) is 17.6 Å². The molecular weight excluding hydrogens is 376 g/mol. The lowest BCUT2D eigenvalue weighted by molar-refractivity contribution is -0.0498. The summed E-state index contributed by atoms with van der Waals surface area (Å²) in [7, 11) is 0. The molecule has 0 aliphatic carbocycles. The van der Waals surface area contributed by atoms with E-state index in [2.05, 4.69) is 20.4 Å². The van der Waals surface area contributed by atoms with Gasteiger partial charge in [0, 0.05) is 23.1 Å². The number of rotatable bonds is 5. The van der Waals surface area contributed by atoms with Crippen LogP contribution in [0.15, 0.2) is 66.9 Å². The van der Waals surface area contributed by atoms with E-state index in [9.17, 15) is 13.6 Å². The Bertz CT molecular complexity index is 919. The van der Waals surface area contributed by atoms with Crippen LogP contribution in [0.1, 0.15) is 0 Å². The Balaban J connectivity index is 1.64. The number of carbonyl (C=O) groups excluding carboxylic acids is 1. The summed E-state index contributed by atoms with van der Waals surface area (Å²) in [6.45, 7) is -2.89. The fraction of sp³-hybridized carbons (Fsp3) is 0.0526. The van der Waals surface area contributed by atoms with Crippen molar-refractivity contribution < 1.29 is 18.3 Å². The van der Waals surface area contributed by atoms with Gasteiger partial charge in [0.05, 0.1) is 10.7 Å². The Hall–Kier alpha value is -3.19. The van der Waals surface area contributed by atoms with Crippen LogP contribution in [0.4, 0.5) is 25.0 Å². The van der Waals surface area contributed by atoms with Crippen molar-refractivity contribution in [1.82, 2.24) is 4.98 Å². The number of urea groups is 1. The highest BCUT2D eigenvalue weighted by atomic mass is 35.5. The van der Waals surface area contributed by atoms with Gasteiger partial charge >= 0.3 is 12.6 Å². The van der Waals surface area contributed by atoms with E-state index in [1.807, 2.05) is 6.07 Å². The first-order valence-electron chi connectivity index (χ1n) is 7.84. The van der Waals surface area contributed by atoms with E-state index >= 15 is 0 Å². The zero-order valence-electron chi connectivity index (χ0n) is 13.8. The van der Waals surface area contributed by atoms with Crippen LogP contribution in [0, 0.1) is 0 Å². The summed E-state index contributed by atoms with van der Waals surface area (Å²) in [5, 5.41) is 5.85. The number of hydrogen-bond acceptors (Lipinski definition) is 3. The van der Waals surface area contributed by atoms with E-state index in [1.54, 1.807) is 36.5 Å². The molecule has 0 bridgehead atoms. The van der Waals surface area contributed by atoms with Crippen molar-refractivity contribution in [3.8, 4) is 17.0 Å². The molecule has 0 aliphatic rings. The molecule has 3 aromatic rings. The monoisotopic (exact) mass is 389 g/mol. The third-order valence-electron chi connectivity index (χ3n) is 3.48. The maximum Gasteiger partial charge on any atom is 0.387 e. The number of ether oxygens (including phenoxy) is 1. The molecule has 0 aliphatic heterocycles. The molecule has 0 saturated carbocycles. The molecule has 8 heteroatoms. The second-order valence-electron chi connectivity index (χ2n) is 5.42. The van der Waals surface area contributed by atoms with Crippen molar-refractivity contribution in [2.45, 2.75) is 6.61 Å². The van der Waals surface area contributed by atoms with Gasteiger partial charge in [-0.25, -0.2) is 4.79 Å². The quantitative estimate of drug-likeness (QED) is 0.593. The third kappa shape index (κ3) is 5.39. The lowest BCUT2D eigenvalue weighted by atomic mass is 10.1. The number of benzene rings is 2. The Morgan fingerprint density at radius 2 is 1.74 bits per heavy atom. The number of amides is 2. The molecular formula is C19H14ClF2N3O2. The number of pyridine rings is 1. The van der Waals surface area contributed by atoms with Gasteiger partial charge in [0.25, 0.3) is 0 Å². The van der Waals surface area contributed by atoms with Crippen LogP contribution < -0.4 is 15.4 Å². The summed E-state index contributed by atoms with van der Waals surface area (Å²) < 4.78 is 28.5. The van der Waals surface area contributed by atoms with Gasteiger partial charge in [0.15, 0.2) is 0 Å². The maximum absolute atomic E-state index is 12.1. The number of nitrogens with one attached hydrogen (secondary N) is 2. The molecule has 2 amide bonds. The number of nitrogens with zero attached hydrogens (tertiary/aromatic N) is 1. The lowest BCUT2D eigenvalue weighted by Gasteiger charge is -2.10. The van der Waals surface area contributed by atoms with Gasteiger partial charge in [-0.2, -0.15) is 8.78 Å². The summed E-state index contributed by atoms with van der Waals surface area (Å²) in [6, 6.07) is 15.8. The van der Waals surface area contributed by atoms with Crippen LogP contribution >= 0.6 is 11.6 Å². The third-order valence-corrected chi connectivity index (χ3v) is 3.70. The number of halogens is 3. The van der Waals surface area contributed by atoms with Gasteiger partial charge in [-0.3, -0.25) is 4.98 Å². The molecule has 2 aromatic carbocycles. The number of aromatic nitrogens is 1. The molecule has 5 nitrogen and oxygen atoms in total. The minimum absolute atomic E-state index is 0.0131. The predicted molar refractivity (Wildman–Crippen MR) is 100 cm³/mol. The second kappa shape index (κ2) is 8.46. The van der Waals surface area contributed by atoms with Gasteiger partial charge in [0.2, 0.25) is 0 Å². The molecule has 0 saturated heterocycles. The summed E-state index contributed by atoms with van der Waals surface area (Å²) >= 11 is 5.84. The Kier molecular flexibility index (Phi) is 5.83. The van der Waals surface area contributed by atoms with Gasteiger partial charge in [-0.05, 0) is 48.5 Å². The molecule has 138 valence electrons. The molecule has 3 rings (SSSR count). The first kappa shape index (κ1) is 18.6. The van der Waals surface area contributed by atoms with Crippen LogP contribution in [0.2, 0.25) is 5.02 Å². The minimum atomic E-state index is -2.89. The largest absolute Gasteiger partial charge is 0.435 e. The highest BCUT2D eigenvalue weighted by molar-refractivity contribution is 6.30. The number of alkyl halides is 2. The predicted octanol–water partition coefficient (Wildman–Crippen LogP) is 5.65. The van der Waals surface area contributed by atoms with Crippen LogP contribution in [-0.2, 0) is 0 Å². The SMILES string of the molecule is O=C(Nc1ccc(OC(F)F)cc1)Nc1cccc(-c2ccc(Cl)cn2)c1. The van der Waals surface area contributed by atoms with Crippen molar-refractivity contribution >= 4 is 29.0 Å². The molecule has 0 fully saturated rings. The van der Waals surface area contributed by atoms with Gasteiger partial charge in [-0.15, -0.1) is 0 Å². The van der Waals surface area contributed by atoms with Crippen LogP contribution in [0.5, 0.6) is 5.75 Å². The zero-order chi connectivity index (χ0) is 19.2. The van der Waals surface area contributed by atoms with Crippen LogP contribution in [0.3, 0.4) is 0 Å². The fourth-order valence-corrected chi connectivity index (χ4v) is 2.43. The lowest BCUT2D eigenvalue weighted by Crippen LogP contribution is -2.19. The summed E-state index contributed by atoms with van der Waals surface area (Å²) in [4.78, 5) is 16.4. The van der Waals surface area contributed by atoms with Crippen LogP contribution in [0.25, 0.3) is 11.3 Å². The molecule has 0 radical (unpaired) electrons. The number of carbonyl (C=O) groups is 1. The first-order valence-corrected chi connectivity index (χ1v) is 8.22. The molecule has 2 N–H and O–H groups in total. The van der Waals surface area contributed by atoms with E-state index in [-0.39, 0.29) is 5.75 Å². The average Bonchev–Trinajstić information content (AvgIpc) is 2.64. The minimum Gasteiger partial charge on any atom is -0.435 e. The Morgan fingerprint density at radius 3 is 2.41 bits per heavy atom. The van der Waals surface area contributed by atoms with Gasteiger partial charge in [0.1, 0.15) is 5.75 Å². The van der Waals surface area contributed by atoms with E-state index in [0.717, 1.165) is 11.3 Å². The first-order chi connectivity index (χ1) is 13.0. The van der Waals surface area contributed by atoms with Crippen molar-refractivity contribution in [3.63, 3.8) is 0 Å². The second-order valence-corrected chi connectivity index (χ2v) is 5.86. The smallest absolute Gasteiger partial charge is 0.387 e. The van der Waals surface area contributed by atoms with E-state index < -0.39 is 12.6 Å². The summed E-state index contributed by atoms with van der Waals surface area (Å²) in [5.41, 5.74) is 2.54. The van der Waals surface area contributed by atoms with Crippen molar-refractivity contribution in [2.24, 2.45) is 0 Å². The molecule has 1 heterocycles. The normalized spacial score (nSPS) is 10.5. The van der Waals surface area contributed by atoms with E-state index in [0.29, 0.717) is 16.4 Å². The average molecular weight is 390 g/mol. The van der Waals surface area contributed by atoms with Gasteiger partial charge < -0.3 is 15.4 Å². The highest BCUT2D eigenvalue weighted by Gasteiger charge is 2.07. The molecule has 0 atom stereocenters. The zero-order valence-corrected chi connectivity index (χ0v) is 14.6. The Labute approximate surface area is 159 Å². The highest BCUT2D eigenvalue weighted by Crippen LogP contribution is 2.22. The van der Waals surface area contributed by atoms with Crippen molar-refractivity contribution in [3.05, 3.63) is 71.9 Å². The standard InChI is InChI=1S/C19H14ClF2N3O2/c20-13-4-9-17(23-11-13)12-2-1-3-15(10-12)25-19(26)24-14-5-7-16(8-6-14)27-18(21)22/h1-11,18H,(H2,24,25,26). The van der Waals surface area contributed by atoms with Gasteiger partial charge in [-0.1, -0.05) is 23.7 Å². The number of anilines is 2. The summed E-state index contributed by atoms with van der Waals surface area (Å²) in [6.07, 6.45) is 1.55. The van der Waals surface area contributed by atoms with E-state index in [1.165, 1.54) is 24.3 Å². The fourth-order valence-electron chi connectivity index (χ4n) is 2.32. The summed E-state index contributed by atoms with van der Waals surface area (Å²) in [5.74, 6) is 0.0131. The molecule has 1 aromatic heterocycles. The molecule has 0 unspecified atom stereocenters. The molecule has 0 spiro atoms. The Morgan fingerprint density at radius 1 is 1.00 bits per heavy atom. The number of hydrogen-bond donors (Lipinski definition) is 2. The molecule has 27 heavy (non-hydrogen) atoms.